The Balaban J connectivity index is 1.25. The molecule has 0 bridgehead atoms. The van der Waals surface area contributed by atoms with E-state index in [1.807, 2.05) is 0 Å². The van der Waals surface area contributed by atoms with E-state index in [2.05, 4.69) is 221 Å². The largest absolute Gasteiger partial charge is 0.310 e. The molecule has 1 aliphatic rings. The van der Waals surface area contributed by atoms with Gasteiger partial charge in [-0.1, -0.05) is 117 Å². The first-order valence-electron chi connectivity index (χ1n) is 20.1. The molecule has 0 spiro atoms. The van der Waals surface area contributed by atoms with Gasteiger partial charge in [0.1, 0.15) is 0 Å². The van der Waals surface area contributed by atoms with E-state index >= 15 is 0 Å². The first kappa shape index (κ1) is 34.8. The molecule has 0 unspecified atom stereocenters. The summed E-state index contributed by atoms with van der Waals surface area (Å²) in [5, 5.41) is 7.69. The van der Waals surface area contributed by atoms with Crippen molar-refractivity contribution in [3.63, 3.8) is 0 Å². The molecule has 0 aromatic heterocycles. The van der Waals surface area contributed by atoms with Gasteiger partial charge in [0.2, 0.25) is 0 Å². The minimum absolute atomic E-state index is 0.286. The highest BCUT2D eigenvalue weighted by molar-refractivity contribution is 6.23. The summed E-state index contributed by atoms with van der Waals surface area (Å²) in [6.07, 6.45) is 0. The van der Waals surface area contributed by atoms with Crippen molar-refractivity contribution in [3.05, 3.63) is 203 Å². The maximum atomic E-state index is 2.51. The zero-order valence-electron chi connectivity index (χ0n) is 33.6. The molecule has 0 N–H and O–H groups in total. The van der Waals surface area contributed by atoms with Crippen LogP contribution in [0.25, 0.3) is 43.4 Å². The van der Waals surface area contributed by atoms with Gasteiger partial charge < -0.3 is 9.80 Å². The van der Waals surface area contributed by atoms with Crippen LogP contribution < -0.4 is 9.80 Å². The molecule has 0 aliphatic heterocycles. The Morgan fingerprint density at radius 3 is 1.40 bits per heavy atom. The molecule has 0 amide bonds. The average Bonchev–Trinajstić information content (AvgIpc) is 3.48. The van der Waals surface area contributed by atoms with Gasteiger partial charge in [0.15, 0.2) is 0 Å². The average molecular weight is 735 g/mol. The van der Waals surface area contributed by atoms with Gasteiger partial charge >= 0.3 is 0 Å². The molecule has 9 aromatic rings. The Hall–Kier alpha value is -6.64. The second kappa shape index (κ2) is 13.2. The molecule has 9 aromatic carbocycles. The van der Waals surface area contributed by atoms with Gasteiger partial charge in [-0.2, -0.15) is 0 Å². The predicted molar refractivity (Wildman–Crippen MR) is 245 cm³/mol. The maximum Gasteiger partial charge on any atom is 0.0543 e. The minimum Gasteiger partial charge on any atom is -0.310 e. The lowest BCUT2D eigenvalue weighted by atomic mass is 9.79. The summed E-state index contributed by atoms with van der Waals surface area (Å²) >= 11 is 0. The van der Waals surface area contributed by atoms with Gasteiger partial charge in [-0.3, -0.25) is 0 Å². The van der Waals surface area contributed by atoms with Crippen LogP contribution >= 0.6 is 0 Å². The smallest absolute Gasteiger partial charge is 0.0543 e. The SMILES string of the molecule is Cc1ccc(N(c2ccccc2)c2ccc3c4c(c5ccccc5c3c2)-c2c(cc(N(c3ccccc3)c3ccc(C)c(C)c3)c3ccccc23)C4(C)C)cc1C. The lowest BCUT2D eigenvalue weighted by molar-refractivity contribution is 0.667. The van der Waals surface area contributed by atoms with Gasteiger partial charge in [-0.05, 0) is 166 Å². The summed E-state index contributed by atoms with van der Waals surface area (Å²) in [5.41, 5.74) is 17.3. The Labute approximate surface area is 336 Å². The molecular formula is C55H46N2. The number of fused-ring (bicyclic) bond motifs is 10. The Morgan fingerprint density at radius 2 is 0.807 bits per heavy atom. The quantitative estimate of drug-likeness (QED) is 0.157. The van der Waals surface area contributed by atoms with E-state index in [9.17, 15) is 0 Å². The van der Waals surface area contributed by atoms with Crippen molar-refractivity contribution >= 4 is 66.4 Å². The van der Waals surface area contributed by atoms with E-state index in [-0.39, 0.29) is 5.41 Å². The van der Waals surface area contributed by atoms with Gasteiger partial charge in [0, 0.05) is 39.2 Å². The molecule has 10 rings (SSSR count). The Kier molecular flexibility index (Phi) is 8.09. The van der Waals surface area contributed by atoms with Gasteiger partial charge in [-0.15, -0.1) is 0 Å². The standard InChI is InChI=1S/C55H46N2/c1-35-25-27-41(31-37(35)3)56(39-17-9-7-10-18-39)43-29-30-48-49(33-43)44-21-13-15-23-46(44)53-52-47-24-16-14-22-45(47)51(34-50(52)55(5,6)54(48)53)57(40-19-11-8-12-20-40)42-28-26-36(2)38(4)32-42/h7-34H,1-6H3. The van der Waals surface area contributed by atoms with Crippen LogP contribution in [-0.4, -0.2) is 0 Å². The summed E-state index contributed by atoms with van der Waals surface area (Å²) < 4.78 is 0. The maximum absolute atomic E-state index is 2.51. The van der Waals surface area contributed by atoms with E-state index in [4.69, 9.17) is 0 Å². The van der Waals surface area contributed by atoms with Crippen LogP contribution in [0.4, 0.5) is 34.1 Å². The zero-order valence-corrected chi connectivity index (χ0v) is 33.6. The number of benzene rings is 9. The monoisotopic (exact) mass is 734 g/mol. The fraction of sp³-hybridized carbons (Fsp3) is 0.127. The lowest BCUT2D eigenvalue weighted by Gasteiger charge is -2.30. The van der Waals surface area contributed by atoms with Crippen LogP contribution in [0.2, 0.25) is 0 Å². The molecule has 0 heterocycles. The molecule has 276 valence electrons. The summed E-state index contributed by atoms with van der Waals surface area (Å²) in [4.78, 5) is 4.86. The summed E-state index contributed by atoms with van der Waals surface area (Å²) in [7, 11) is 0. The van der Waals surface area contributed by atoms with Crippen LogP contribution in [0, 0.1) is 27.7 Å². The van der Waals surface area contributed by atoms with Crippen molar-refractivity contribution in [2.24, 2.45) is 0 Å². The Morgan fingerprint density at radius 1 is 0.333 bits per heavy atom. The second-order valence-corrected chi connectivity index (χ2v) is 16.4. The minimum atomic E-state index is -0.286. The van der Waals surface area contributed by atoms with Crippen molar-refractivity contribution in [2.45, 2.75) is 47.0 Å². The lowest BCUT2D eigenvalue weighted by Crippen LogP contribution is -2.17. The number of para-hydroxylation sites is 2. The van der Waals surface area contributed by atoms with Crippen molar-refractivity contribution < 1.29 is 0 Å². The van der Waals surface area contributed by atoms with Crippen LogP contribution in [0.3, 0.4) is 0 Å². The zero-order chi connectivity index (χ0) is 39.0. The first-order valence-corrected chi connectivity index (χ1v) is 20.1. The van der Waals surface area contributed by atoms with Gasteiger partial charge in [0.05, 0.1) is 5.69 Å². The summed E-state index contributed by atoms with van der Waals surface area (Å²) in [6.45, 7) is 13.7. The van der Waals surface area contributed by atoms with Crippen molar-refractivity contribution in [1.29, 1.82) is 0 Å². The van der Waals surface area contributed by atoms with Crippen molar-refractivity contribution in [3.8, 4) is 11.1 Å². The normalized spacial score (nSPS) is 12.9. The summed E-state index contributed by atoms with van der Waals surface area (Å²) in [6, 6.07) is 63.1. The molecule has 0 saturated carbocycles. The molecule has 57 heavy (non-hydrogen) atoms. The van der Waals surface area contributed by atoms with Crippen molar-refractivity contribution in [2.75, 3.05) is 9.80 Å². The van der Waals surface area contributed by atoms with Crippen LogP contribution in [0.5, 0.6) is 0 Å². The summed E-state index contributed by atoms with van der Waals surface area (Å²) in [5.74, 6) is 0. The first-order chi connectivity index (χ1) is 27.7. The predicted octanol–water partition coefficient (Wildman–Crippen LogP) is 15.6. The molecule has 0 fully saturated rings. The molecule has 2 heteroatoms. The fourth-order valence-electron chi connectivity index (χ4n) is 9.42. The van der Waals surface area contributed by atoms with Crippen molar-refractivity contribution in [1.82, 2.24) is 0 Å². The Bertz CT molecular complexity index is 3030. The van der Waals surface area contributed by atoms with Crippen LogP contribution in [-0.2, 0) is 5.41 Å². The highest BCUT2D eigenvalue weighted by Gasteiger charge is 2.40. The topological polar surface area (TPSA) is 6.48 Å². The van der Waals surface area contributed by atoms with E-state index in [1.165, 1.54) is 82.5 Å². The third-order valence-electron chi connectivity index (χ3n) is 12.6. The highest BCUT2D eigenvalue weighted by Crippen LogP contribution is 2.59. The number of anilines is 6. The van der Waals surface area contributed by atoms with Crippen LogP contribution in [0.1, 0.15) is 47.2 Å². The number of rotatable bonds is 6. The number of nitrogens with zero attached hydrogens (tertiary/aromatic N) is 2. The van der Waals surface area contributed by atoms with E-state index in [0.717, 1.165) is 28.4 Å². The van der Waals surface area contributed by atoms with E-state index in [1.54, 1.807) is 0 Å². The number of hydrogen-bond donors (Lipinski definition) is 0. The molecule has 0 radical (unpaired) electrons. The molecular weight excluding hydrogens is 689 g/mol. The van der Waals surface area contributed by atoms with E-state index in [0.29, 0.717) is 0 Å². The molecule has 0 atom stereocenters. The molecule has 2 nitrogen and oxygen atoms in total. The number of hydrogen-bond acceptors (Lipinski definition) is 2. The van der Waals surface area contributed by atoms with Crippen LogP contribution in [0.15, 0.2) is 170 Å². The third-order valence-corrected chi connectivity index (χ3v) is 12.6. The number of aryl methyl sites for hydroxylation is 4. The molecule has 0 saturated heterocycles. The van der Waals surface area contributed by atoms with E-state index < -0.39 is 0 Å². The second-order valence-electron chi connectivity index (χ2n) is 16.4. The van der Waals surface area contributed by atoms with Gasteiger partial charge in [0.25, 0.3) is 0 Å². The fourth-order valence-corrected chi connectivity index (χ4v) is 9.42. The third kappa shape index (κ3) is 5.46. The highest BCUT2D eigenvalue weighted by atomic mass is 15.1. The van der Waals surface area contributed by atoms with Gasteiger partial charge in [-0.25, -0.2) is 0 Å². The molecule has 1 aliphatic carbocycles.